The number of benzene rings is 7. The summed E-state index contributed by atoms with van der Waals surface area (Å²) in [5, 5.41) is 2.55. The molecule has 0 aliphatic carbocycles. The lowest BCUT2D eigenvalue weighted by Gasteiger charge is -2.33. The molecule has 0 bridgehead atoms. The number of rotatable bonds is 6. The van der Waals surface area contributed by atoms with E-state index >= 15 is 0 Å². The molecule has 0 saturated heterocycles. The van der Waals surface area contributed by atoms with E-state index in [4.69, 9.17) is 4.74 Å². The lowest BCUT2D eigenvalue weighted by molar-refractivity contribution is 0.456. The monoisotopic (exact) mass is 640 g/mol. The molecule has 9 rings (SSSR count). The zero-order valence-corrected chi connectivity index (χ0v) is 26.9. The number of anilines is 6. The number of thiophene rings is 1. The predicted octanol–water partition coefficient (Wildman–Crippen LogP) is 13.3. The molecule has 2 heterocycles. The van der Waals surface area contributed by atoms with Gasteiger partial charge in [0.25, 0.3) is 0 Å². The predicted molar refractivity (Wildman–Crippen MR) is 199 cm³/mol. The van der Waals surface area contributed by atoms with Gasteiger partial charge in [0.1, 0.15) is 5.75 Å². The maximum Gasteiger partial charge on any atom is 0.165 e. The highest BCUT2D eigenvalue weighted by Gasteiger charge is 2.28. The maximum absolute atomic E-state index is 6.79. The molecule has 47 heavy (non-hydrogen) atoms. The third kappa shape index (κ3) is 5.01. The van der Waals surface area contributed by atoms with Crippen LogP contribution in [0.2, 0.25) is 0 Å². The van der Waals surface area contributed by atoms with Crippen LogP contribution >= 0.6 is 23.1 Å². The van der Waals surface area contributed by atoms with Crippen molar-refractivity contribution < 1.29 is 4.74 Å². The largest absolute Gasteiger partial charge is 0.453 e. The van der Waals surface area contributed by atoms with E-state index < -0.39 is 0 Å². The van der Waals surface area contributed by atoms with Gasteiger partial charge in [-0.3, -0.25) is 0 Å². The molecule has 1 aliphatic heterocycles. The Hall–Kier alpha value is -5.49. The Labute approximate surface area is 281 Å². The smallest absolute Gasteiger partial charge is 0.165 e. The van der Waals surface area contributed by atoms with Gasteiger partial charge >= 0.3 is 0 Å². The van der Waals surface area contributed by atoms with Crippen LogP contribution in [-0.4, -0.2) is 0 Å². The third-order valence-corrected chi connectivity index (χ3v) is 10.7. The van der Waals surface area contributed by atoms with Crippen LogP contribution in [0, 0.1) is 0 Å². The van der Waals surface area contributed by atoms with Crippen molar-refractivity contribution in [2.45, 2.75) is 9.79 Å². The Kier molecular flexibility index (Phi) is 6.92. The van der Waals surface area contributed by atoms with Crippen molar-refractivity contribution in [3.63, 3.8) is 0 Å². The Balaban J connectivity index is 1.31. The summed E-state index contributed by atoms with van der Waals surface area (Å²) < 4.78 is 9.38. The van der Waals surface area contributed by atoms with Gasteiger partial charge in [0.2, 0.25) is 0 Å². The van der Waals surface area contributed by atoms with Gasteiger partial charge in [-0.2, -0.15) is 0 Å². The number of hydrogen-bond acceptors (Lipinski definition) is 5. The second-order valence-corrected chi connectivity index (χ2v) is 13.6. The molecule has 3 nitrogen and oxygen atoms in total. The summed E-state index contributed by atoms with van der Waals surface area (Å²) >= 11 is 3.60. The van der Waals surface area contributed by atoms with Crippen LogP contribution in [0.4, 0.5) is 34.1 Å². The van der Waals surface area contributed by atoms with Crippen molar-refractivity contribution in [2.24, 2.45) is 0 Å². The van der Waals surface area contributed by atoms with E-state index in [0.717, 1.165) is 55.4 Å². The standard InChI is InChI=1S/C42H28N2OS2/c1-4-14-29(15-5-1)43(32-24-25-39-35(26-32)34-20-10-12-22-38(34)46-39)33-27-36(42-41(28-33)47-40-23-13-11-21-37(40)45-42)44(30-16-6-2-7-17-30)31-18-8-3-9-19-31/h1-28H. The highest BCUT2D eigenvalue weighted by molar-refractivity contribution is 7.99. The molecule has 0 saturated carbocycles. The number of ether oxygens (including phenoxy) is 1. The number of para-hydroxylation sites is 4. The van der Waals surface area contributed by atoms with Gasteiger partial charge in [0.15, 0.2) is 5.75 Å². The molecule has 5 heteroatoms. The molecule has 0 unspecified atom stereocenters. The molecule has 0 fully saturated rings. The number of fused-ring (bicyclic) bond motifs is 5. The van der Waals surface area contributed by atoms with Gasteiger partial charge in [-0.1, -0.05) is 96.7 Å². The minimum absolute atomic E-state index is 0.845. The lowest BCUT2D eigenvalue weighted by Crippen LogP contribution is -2.15. The van der Waals surface area contributed by atoms with Crippen molar-refractivity contribution in [3.8, 4) is 11.5 Å². The molecule has 224 valence electrons. The SMILES string of the molecule is c1ccc(N(c2cc3c(c(N(c4ccccc4)c4ccccc4)c2)Oc2ccccc2S3)c2ccc3sc4ccccc4c3c2)cc1. The van der Waals surface area contributed by atoms with E-state index in [-0.39, 0.29) is 0 Å². The first-order valence-electron chi connectivity index (χ1n) is 15.6. The van der Waals surface area contributed by atoms with Crippen LogP contribution < -0.4 is 14.5 Å². The van der Waals surface area contributed by atoms with Crippen LogP contribution in [0.5, 0.6) is 11.5 Å². The Morgan fingerprint density at radius 2 is 1.00 bits per heavy atom. The molecule has 0 atom stereocenters. The van der Waals surface area contributed by atoms with E-state index in [9.17, 15) is 0 Å². The first kappa shape index (κ1) is 27.8. The van der Waals surface area contributed by atoms with Crippen molar-refractivity contribution in [1.82, 2.24) is 0 Å². The van der Waals surface area contributed by atoms with Crippen LogP contribution in [-0.2, 0) is 0 Å². The Morgan fingerprint density at radius 3 is 1.72 bits per heavy atom. The maximum atomic E-state index is 6.79. The van der Waals surface area contributed by atoms with Crippen molar-refractivity contribution >= 4 is 77.4 Å². The molecule has 0 radical (unpaired) electrons. The minimum Gasteiger partial charge on any atom is -0.453 e. The lowest BCUT2D eigenvalue weighted by atomic mass is 10.1. The van der Waals surface area contributed by atoms with E-state index in [0.29, 0.717) is 0 Å². The summed E-state index contributed by atoms with van der Waals surface area (Å²) in [5.74, 6) is 1.72. The highest BCUT2D eigenvalue weighted by atomic mass is 32.2. The number of hydrogen-bond donors (Lipinski definition) is 0. The fraction of sp³-hybridized carbons (Fsp3) is 0. The van der Waals surface area contributed by atoms with Crippen LogP contribution in [0.3, 0.4) is 0 Å². The van der Waals surface area contributed by atoms with Gasteiger partial charge < -0.3 is 14.5 Å². The summed E-state index contributed by atoms with van der Waals surface area (Å²) in [6.07, 6.45) is 0. The van der Waals surface area contributed by atoms with Crippen LogP contribution in [0.1, 0.15) is 0 Å². The van der Waals surface area contributed by atoms with Crippen LogP contribution in [0.25, 0.3) is 20.2 Å². The minimum atomic E-state index is 0.845. The normalized spacial score (nSPS) is 11.9. The topological polar surface area (TPSA) is 15.7 Å². The van der Waals surface area contributed by atoms with E-state index in [1.807, 2.05) is 17.4 Å². The number of nitrogens with zero attached hydrogens (tertiary/aromatic N) is 2. The fourth-order valence-electron chi connectivity index (χ4n) is 6.35. The van der Waals surface area contributed by atoms with Gasteiger partial charge in [-0.25, -0.2) is 0 Å². The van der Waals surface area contributed by atoms with Crippen LogP contribution in [0.15, 0.2) is 180 Å². The average molecular weight is 641 g/mol. The highest BCUT2D eigenvalue weighted by Crippen LogP contribution is 2.55. The molecule has 0 spiro atoms. The van der Waals surface area contributed by atoms with Crippen molar-refractivity contribution in [1.29, 1.82) is 0 Å². The summed E-state index contributed by atoms with van der Waals surface area (Å²) in [6, 6.07) is 60.1. The van der Waals surface area contributed by atoms with E-state index in [1.165, 1.54) is 20.2 Å². The van der Waals surface area contributed by atoms with E-state index in [2.05, 4.69) is 174 Å². The second-order valence-electron chi connectivity index (χ2n) is 11.4. The zero-order valence-electron chi connectivity index (χ0n) is 25.3. The first-order chi connectivity index (χ1) is 23.3. The summed E-state index contributed by atoms with van der Waals surface area (Å²) in [6.45, 7) is 0. The summed E-state index contributed by atoms with van der Waals surface area (Å²) in [7, 11) is 0. The molecular formula is C42H28N2OS2. The van der Waals surface area contributed by atoms with Gasteiger partial charge in [-0.15, -0.1) is 11.3 Å². The summed E-state index contributed by atoms with van der Waals surface area (Å²) in [5.41, 5.74) is 6.33. The second kappa shape index (κ2) is 11.7. The van der Waals surface area contributed by atoms with Crippen molar-refractivity contribution in [3.05, 3.63) is 170 Å². The molecule has 0 N–H and O–H groups in total. The first-order valence-corrected chi connectivity index (χ1v) is 17.2. The molecule has 0 amide bonds. The van der Waals surface area contributed by atoms with E-state index in [1.54, 1.807) is 11.8 Å². The quantitative estimate of drug-likeness (QED) is 0.180. The Bertz CT molecular complexity index is 2330. The van der Waals surface area contributed by atoms with Gasteiger partial charge in [0.05, 0.1) is 15.5 Å². The molecular weight excluding hydrogens is 613 g/mol. The fourth-order valence-corrected chi connectivity index (χ4v) is 8.45. The van der Waals surface area contributed by atoms with Gasteiger partial charge in [0, 0.05) is 48.6 Å². The molecule has 1 aliphatic rings. The molecule has 7 aromatic carbocycles. The van der Waals surface area contributed by atoms with Crippen molar-refractivity contribution in [2.75, 3.05) is 9.80 Å². The average Bonchev–Trinajstić information content (AvgIpc) is 3.51. The molecule has 8 aromatic rings. The summed E-state index contributed by atoms with van der Waals surface area (Å²) in [4.78, 5) is 6.84. The zero-order chi connectivity index (χ0) is 31.2. The molecule has 1 aromatic heterocycles. The van der Waals surface area contributed by atoms with Gasteiger partial charge in [-0.05, 0) is 84.9 Å². The Morgan fingerprint density at radius 1 is 0.404 bits per heavy atom. The third-order valence-electron chi connectivity index (χ3n) is 8.46.